The van der Waals surface area contributed by atoms with Crippen molar-refractivity contribution in [1.29, 1.82) is 0 Å². The van der Waals surface area contributed by atoms with E-state index >= 15 is 0 Å². The molecule has 2 aliphatic rings. The highest BCUT2D eigenvalue weighted by Crippen LogP contribution is 2.36. The Morgan fingerprint density at radius 2 is 1.93 bits per heavy atom. The number of benzene rings is 1. The van der Waals surface area contributed by atoms with E-state index in [1.54, 1.807) is 0 Å². The summed E-state index contributed by atoms with van der Waals surface area (Å²) in [7, 11) is 0. The number of hydrogen-bond acceptors (Lipinski definition) is 4. The molecule has 142 valence electrons. The molecule has 2 aromatic rings. The van der Waals surface area contributed by atoms with Gasteiger partial charge in [0.15, 0.2) is 0 Å². The molecule has 2 fully saturated rings. The number of piperidine rings is 1. The van der Waals surface area contributed by atoms with Gasteiger partial charge in [-0.15, -0.1) is 0 Å². The van der Waals surface area contributed by atoms with Crippen LogP contribution in [0.15, 0.2) is 48.7 Å². The predicted molar refractivity (Wildman–Crippen MR) is 105 cm³/mol. The Labute approximate surface area is 160 Å². The zero-order valence-corrected chi connectivity index (χ0v) is 15.6. The Hall–Kier alpha value is -2.56. The zero-order valence-electron chi connectivity index (χ0n) is 15.6. The molecule has 1 saturated heterocycles. The number of ether oxygens (including phenoxy) is 1. The predicted octanol–water partition coefficient (Wildman–Crippen LogP) is 4.91. The first-order valence-corrected chi connectivity index (χ1v) is 10.00. The second kappa shape index (κ2) is 8.42. The van der Waals surface area contributed by atoms with E-state index in [1.807, 2.05) is 47.5 Å². The molecule has 0 spiro atoms. The van der Waals surface area contributed by atoms with E-state index in [9.17, 15) is 4.79 Å². The first kappa shape index (κ1) is 17.8. The largest absolute Gasteiger partial charge is 0.445 e. The van der Waals surface area contributed by atoms with Gasteiger partial charge in [0.1, 0.15) is 12.4 Å². The number of aromatic nitrogens is 1. The molecule has 4 rings (SSSR count). The molecular weight excluding hydrogens is 338 g/mol. The molecule has 1 N–H and O–H groups in total. The molecule has 0 radical (unpaired) electrons. The van der Waals surface area contributed by atoms with E-state index in [-0.39, 0.29) is 12.1 Å². The molecule has 1 aromatic heterocycles. The number of carbonyl (C=O) groups excluding carboxylic acids is 1. The summed E-state index contributed by atoms with van der Waals surface area (Å²) in [5.41, 5.74) is 2.12. The minimum absolute atomic E-state index is 0.0262. The molecule has 5 heteroatoms. The van der Waals surface area contributed by atoms with Gasteiger partial charge in [0.25, 0.3) is 0 Å². The third-order valence-corrected chi connectivity index (χ3v) is 5.59. The Kier molecular flexibility index (Phi) is 5.56. The summed E-state index contributed by atoms with van der Waals surface area (Å²) < 4.78 is 5.62. The molecule has 1 aliphatic carbocycles. The first-order valence-electron chi connectivity index (χ1n) is 10.00. The molecule has 1 amide bonds. The van der Waals surface area contributed by atoms with Gasteiger partial charge in [-0.1, -0.05) is 36.4 Å². The minimum Gasteiger partial charge on any atom is -0.445 e. The third-order valence-electron chi connectivity index (χ3n) is 5.59. The van der Waals surface area contributed by atoms with Gasteiger partial charge in [0.2, 0.25) is 0 Å². The van der Waals surface area contributed by atoms with Crippen LogP contribution < -0.4 is 5.32 Å². The molecule has 1 aliphatic heterocycles. The van der Waals surface area contributed by atoms with Gasteiger partial charge in [0.05, 0.1) is 6.04 Å². The fraction of sp³-hybridized carbons (Fsp3) is 0.455. The molecule has 5 nitrogen and oxygen atoms in total. The summed E-state index contributed by atoms with van der Waals surface area (Å²) >= 11 is 0. The van der Waals surface area contributed by atoms with E-state index in [4.69, 9.17) is 4.74 Å². The van der Waals surface area contributed by atoms with Gasteiger partial charge in [-0.3, -0.25) is 0 Å². The van der Waals surface area contributed by atoms with Crippen LogP contribution in [0.25, 0.3) is 0 Å². The lowest BCUT2D eigenvalue weighted by molar-refractivity contribution is 0.0680. The van der Waals surface area contributed by atoms with E-state index in [2.05, 4.69) is 16.4 Å². The van der Waals surface area contributed by atoms with Crippen LogP contribution >= 0.6 is 0 Å². The van der Waals surface area contributed by atoms with Crippen LogP contribution in [-0.4, -0.2) is 28.6 Å². The minimum atomic E-state index is -0.234. The van der Waals surface area contributed by atoms with Gasteiger partial charge in [-0.2, -0.15) is 0 Å². The third kappa shape index (κ3) is 4.24. The number of anilines is 1. The van der Waals surface area contributed by atoms with Crippen molar-refractivity contribution in [1.82, 2.24) is 9.88 Å². The number of hydrogen-bond donors (Lipinski definition) is 1. The molecule has 1 aromatic carbocycles. The number of nitrogens with zero attached hydrogens (tertiary/aromatic N) is 2. The Bertz CT molecular complexity index is 761. The number of pyridine rings is 1. The maximum Gasteiger partial charge on any atom is 0.410 e. The van der Waals surface area contributed by atoms with Crippen LogP contribution in [0.5, 0.6) is 0 Å². The van der Waals surface area contributed by atoms with Crippen molar-refractivity contribution in [3.63, 3.8) is 0 Å². The van der Waals surface area contributed by atoms with Crippen molar-refractivity contribution in [2.45, 2.75) is 57.2 Å². The summed E-state index contributed by atoms with van der Waals surface area (Å²) in [6, 6.07) is 14.4. The van der Waals surface area contributed by atoms with Gasteiger partial charge in [-0.25, -0.2) is 9.78 Å². The number of rotatable bonds is 5. The highest BCUT2D eigenvalue weighted by atomic mass is 16.6. The first-order chi connectivity index (χ1) is 13.3. The summed E-state index contributed by atoms with van der Waals surface area (Å²) in [5.74, 6) is 0.926. The van der Waals surface area contributed by atoms with Crippen LogP contribution in [0.2, 0.25) is 0 Å². The standard InChI is InChI=1S/C22H27N3O2/c26-22(27-16-17-8-2-1-3-9-17)25-15-5-4-13-20(25)19-12-7-14-23-21(19)24-18-10-6-11-18/h1-3,7-9,12,14,18,20H,4-6,10-11,13,15-16H2,(H,23,24). The monoisotopic (exact) mass is 365 g/mol. The maximum atomic E-state index is 12.8. The van der Waals surface area contributed by atoms with E-state index in [1.165, 1.54) is 19.3 Å². The van der Waals surface area contributed by atoms with Gasteiger partial charge < -0.3 is 15.0 Å². The van der Waals surface area contributed by atoms with Crippen molar-refractivity contribution in [3.8, 4) is 0 Å². The fourth-order valence-corrected chi connectivity index (χ4v) is 3.83. The van der Waals surface area contributed by atoms with Crippen molar-refractivity contribution >= 4 is 11.9 Å². The Balaban J connectivity index is 1.48. The average Bonchev–Trinajstić information content (AvgIpc) is 2.70. The average molecular weight is 365 g/mol. The maximum absolute atomic E-state index is 12.8. The van der Waals surface area contributed by atoms with Crippen LogP contribution in [-0.2, 0) is 11.3 Å². The van der Waals surface area contributed by atoms with Crippen molar-refractivity contribution in [2.75, 3.05) is 11.9 Å². The van der Waals surface area contributed by atoms with Crippen LogP contribution in [0.1, 0.15) is 55.7 Å². The molecule has 2 heterocycles. The van der Waals surface area contributed by atoms with Gasteiger partial charge in [0, 0.05) is 24.3 Å². The molecule has 1 unspecified atom stereocenters. The summed E-state index contributed by atoms with van der Waals surface area (Å²) in [6.07, 6.45) is 8.35. The molecule has 27 heavy (non-hydrogen) atoms. The quantitative estimate of drug-likeness (QED) is 0.818. The van der Waals surface area contributed by atoms with Gasteiger partial charge in [-0.05, 0) is 50.2 Å². The highest BCUT2D eigenvalue weighted by molar-refractivity contribution is 5.69. The lowest BCUT2D eigenvalue weighted by Crippen LogP contribution is -2.39. The fourth-order valence-electron chi connectivity index (χ4n) is 3.83. The number of likely N-dealkylation sites (tertiary alicyclic amines) is 1. The molecule has 1 saturated carbocycles. The Morgan fingerprint density at radius 3 is 2.70 bits per heavy atom. The normalized spacial score (nSPS) is 20.0. The summed E-state index contributed by atoms with van der Waals surface area (Å²) in [4.78, 5) is 19.3. The van der Waals surface area contributed by atoms with E-state index in [0.717, 1.165) is 42.8 Å². The molecule has 1 atom stereocenters. The van der Waals surface area contributed by atoms with E-state index < -0.39 is 0 Å². The SMILES string of the molecule is O=C(OCc1ccccc1)N1CCCCC1c1cccnc1NC1CCC1. The second-order valence-corrected chi connectivity index (χ2v) is 7.46. The zero-order chi connectivity index (χ0) is 18.5. The topological polar surface area (TPSA) is 54.5 Å². The number of amides is 1. The van der Waals surface area contributed by atoms with Crippen molar-refractivity contribution in [2.24, 2.45) is 0 Å². The lowest BCUT2D eigenvalue weighted by atomic mass is 9.92. The van der Waals surface area contributed by atoms with Crippen LogP contribution in [0.4, 0.5) is 10.6 Å². The molecular formula is C22H27N3O2. The Morgan fingerprint density at radius 1 is 1.07 bits per heavy atom. The van der Waals surface area contributed by atoms with Crippen molar-refractivity contribution in [3.05, 3.63) is 59.8 Å². The summed E-state index contributed by atoms with van der Waals surface area (Å²) in [6.45, 7) is 1.04. The lowest BCUT2D eigenvalue weighted by Gasteiger charge is -2.36. The highest BCUT2D eigenvalue weighted by Gasteiger charge is 2.31. The van der Waals surface area contributed by atoms with Crippen LogP contribution in [0, 0.1) is 0 Å². The second-order valence-electron chi connectivity index (χ2n) is 7.46. The smallest absolute Gasteiger partial charge is 0.410 e. The molecule has 0 bridgehead atoms. The number of carbonyl (C=O) groups is 1. The van der Waals surface area contributed by atoms with Crippen molar-refractivity contribution < 1.29 is 9.53 Å². The summed E-state index contributed by atoms with van der Waals surface area (Å²) in [5, 5.41) is 3.57. The van der Waals surface area contributed by atoms with Crippen LogP contribution in [0.3, 0.4) is 0 Å². The number of nitrogens with one attached hydrogen (secondary N) is 1. The van der Waals surface area contributed by atoms with E-state index in [0.29, 0.717) is 12.6 Å². The van der Waals surface area contributed by atoms with Gasteiger partial charge >= 0.3 is 6.09 Å².